The first-order valence-corrected chi connectivity index (χ1v) is 9.35. The molecule has 0 bridgehead atoms. The van der Waals surface area contributed by atoms with Gasteiger partial charge in [0.25, 0.3) is 5.91 Å². The second-order valence-corrected chi connectivity index (χ2v) is 7.64. The molecular weight excluding hydrogens is 326 g/mol. The van der Waals surface area contributed by atoms with E-state index in [1.54, 1.807) is 7.11 Å². The number of nitrogens with one attached hydrogen (secondary N) is 1. The van der Waals surface area contributed by atoms with Gasteiger partial charge in [0.05, 0.1) is 12.0 Å². The Labute approximate surface area is 147 Å². The van der Waals surface area contributed by atoms with Gasteiger partial charge >= 0.3 is 0 Å². The molecule has 0 unspecified atom stereocenters. The highest BCUT2D eigenvalue weighted by Gasteiger charge is 2.34. The van der Waals surface area contributed by atoms with Gasteiger partial charge in [0.1, 0.15) is 0 Å². The minimum atomic E-state index is -0.0435. The van der Waals surface area contributed by atoms with E-state index >= 15 is 0 Å². The van der Waals surface area contributed by atoms with E-state index in [4.69, 9.17) is 4.74 Å². The summed E-state index contributed by atoms with van der Waals surface area (Å²) >= 11 is 1.37. The van der Waals surface area contributed by atoms with Gasteiger partial charge in [-0.15, -0.1) is 11.3 Å². The minimum absolute atomic E-state index is 0.0435. The van der Waals surface area contributed by atoms with Crippen LogP contribution in [0.15, 0.2) is 0 Å². The number of nitrogens with zero attached hydrogens (tertiary/aromatic N) is 2. The zero-order valence-corrected chi connectivity index (χ0v) is 15.7. The van der Waals surface area contributed by atoms with Crippen molar-refractivity contribution >= 4 is 23.2 Å². The molecule has 1 aliphatic rings. The first-order chi connectivity index (χ1) is 11.5. The van der Waals surface area contributed by atoms with Gasteiger partial charge in [-0.05, 0) is 25.2 Å². The van der Waals surface area contributed by atoms with Crippen molar-refractivity contribution < 1.29 is 14.3 Å². The summed E-state index contributed by atoms with van der Waals surface area (Å²) in [5, 5.41) is 3.48. The average Bonchev–Trinajstić information content (AvgIpc) is 3.12. The van der Waals surface area contributed by atoms with Gasteiger partial charge in [-0.3, -0.25) is 9.59 Å². The highest BCUT2D eigenvalue weighted by Crippen LogP contribution is 2.28. The summed E-state index contributed by atoms with van der Waals surface area (Å²) in [6.07, 6.45) is 2.52. The molecule has 0 spiro atoms. The standard InChI is InChI=1S/C17H27N3O3S/c1-5-6-7-14(21)18-8-13-10-20(9-11(13)2)17(22)16-19-15(23-4)12(3)24-16/h11,13H,5-10H2,1-4H3,(H,18,21)/t11-,13-/m1/s1. The van der Waals surface area contributed by atoms with Gasteiger partial charge in [-0.2, -0.15) is 4.98 Å². The maximum atomic E-state index is 12.6. The largest absolute Gasteiger partial charge is 0.480 e. The van der Waals surface area contributed by atoms with Crippen LogP contribution >= 0.6 is 11.3 Å². The Morgan fingerprint density at radius 3 is 2.79 bits per heavy atom. The van der Waals surface area contributed by atoms with Crippen molar-refractivity contribution in [2.75, 3.05) is 26.7 Å². The number of carbonyl (C=O) groups is 2. The lowest BCUT2D eigenvalue weighted by atomic mass is 9.98. The third-order valence-electron chi connectivity index (χ3n) is 4.50. The number of ether oxygens (including phenoxy) is 1. The van der Waals surface area contributed by atoms with Crippen molar-refractivity contribution in [3.8, 4) is 5.88 Å². The van der Waals surface area contributed by atoms with Gasteiger partial charge in [-0.1, -0.05) is 20.3 Å². The molecule has 0 radical (unpaired) electrons. The van der Waals surface area contributed by atoms with E-state index in [-0.39, 0.29) is 11.8 Å². The van der Waals surface area contributed by atoms with E-state index in [1.165, 1.54) is 11.3 Å². The van der Waals surface area contributed by atoms with Crippen molar-refractivity contribution in [1.29, 1.82) is 0 Å². The topological polar surface area (TPSA) is 71.5 Å². The zero-order chi connectivity index (χ0) is 17.7. The van der Waals surface area contributed by atoms with Crippen LogP contribution in [0.4, 0.5) is 0 Å². The van der Waals surface area contributed by atoms with E-state index in [0.717, 1.165) is 17.7 Å². The van der Waals surface area contributed by atoms with Crippen molar-refractivity contribution in [2.24, 2.45) is 11.8 Å². The Kier molecular flexibility index (Phi) is 6.60. The zero-order valence-electron chi connectivity index (χ0n) is 14.9. The number of rotatable bonds is 7. The molecule has 1 aromatic heterocycles. The van der Waals surface area contributed by atoms with Gasteiger partial charge in [0, 0.05) is 26.1 Å². The molecule has 0 aliphatic carbocycles. The number of thiazole rings is 1. The van der Waals surface area contributed by atoms with Gasteiger partial charge < -0.3 is 15.0 Å². The summed E-state index contributed by atoms with van der Waals surface area (Å²) in [4.78, 5) is 31.4. The average molecular weight is 353 g/mol. The van der Waals surface area contributed by atoms with Crippen molar-refractivity contribution in [2.45, 2.75) is 40.0 Å². The molecule has 2 heterocycles. The molecule has 134 valence electrons. The summed E-state index contributed by atoms with van der Waals surface area (Å²) in [6, 6.07) is 0. The number of likely N-dealkylation sites (tertiary alicyclic amines) is 1. The van der Waals surface area contributed by atoms with Crippen LogP contribution in [0.5, 0.6) is 5.88 Å². The monoisotopic (exact) mass is 353 g/mol. The number of amides is 2. The van der Waals surface area contributed by atoms with E-state index in [9.17, 15) is 9.59 Å². The Hall–Kier alpha value is -1.63. The Morgan fingerprint density at radius 1 is 1.42 bits per heavy atom. The van der Waals surface area contributed by atoms with E-state index in [1.807, 2.05) is 11.8 Å². The second kappa shape index (κ2) is 8.46. The third kappa shape index (κ3) is 4.47. The smallest absolute Gasteiger partial charge is 0.283 e. The summed E-state index contributed by atoms with van der Waals surface area (Å²) < 4.78 is 5.16. The molecule has 24 heavy (non-hydrogen) atoms. The summed E-state index contributed by atoms with van der Waals surface area (Å²) in [5.41, 5.74) is 0. The van der Waals surface area contributed by atoms with E-state index in [0.29, 0.717) is 48.8 Å². The summed E-state index contributed by atoms with van der Waals surface area (Å²) in [7, 11) is 1.56. The van der Waals surface area contributed by atoms with Crippen molar-refractivity contribution in [3.63, 3.8) is 0 Å². The number of unbranched alkanes of at least 4 members (excludes halogenated alkanes) is 1. The van der Waals surface area contributed by atoms with Gasteiger partial charge in [0.2, 0.25) is 11.8 Å². The maximum absolute atomic E-state index is 12.6. The molecule has 0 saturated carbocycles. The number of carbonyl (C=O) groups excluding carboxylic acids is 2. The SMILES string of the molecule is CCCCC(=O)NC[C@@H]1CN(C(=O)c2nc(OC)c(C)s2)C[C@H]1C. The Morgan fingerprint density at radius 2 is 2.17 bits per heavy atom. The van der Waals surface area contributed by atoms with E-state index < -0.39 is 0 Å². The number of aromatic nitrogens is 1. The Bertz CT molecular complexity index is 588. The molecule has 1 saturated heterocycles. The molecular formula is C17H27N3O3S. The lowest BCUT2D eigenvalue weighted by Gasteiger charge is -2.15. The summed E-state index contributed by atoms with van der Waals surface area (Å²) in [6.45, 7) is 8.10. The summed E-state index contributed by atoms with van der Waals surface area (Å²) in [5.74, 6) is 1.24. The molecule has 0 aromatic carbocycles. The van der Waals surface area contributed by atoms with Crippen LogP contribution in [0.3, 0.4) is 0 Å². The predicted octanol–water partition coefficient (Wildman–Crippen LogP) is 2.47. The van der Waals surface area contributed by atoms with Crippen LogP contribution in [0, 0.1) is 18.8 Å². The number of aryl methyl sites for hydroxylation is 1. The van der Waals surface area contributed by atoms with E-state index in [2.05, 4.69) is 24.1 Å². The number of hydrogen-bond acceptors (Lipinski definition) is 5. The predicted molar refractivity (Wildman–Crippen MR) is 94.5 cm³/mol. The lowest BCUT2D eigenvalue weighted by molar-refractivity contribution is -0.121. The molecule has 1 aliphatic heterocycles. The normalized spacial score (nSPS) is 20.2. The van der Waals surface area contributed by atoms with Crippen LogP contribution in [-0.4, -0.2) is 48.4 Å². The maximum Gasteiger partial charge on any atom is 0.283 e. The highest BCUT2D eigenvalue weighted by atomic mass is 32.1. The van der Waals surface area contributed by atoms with Gasteiger partial charge in [0.15, 0.2) is 5.01 Å². The van der Waals surface area contributed by atoms with Crippen LogP contribution in [0.2, 0.25) is 0 Å². The molecule has 2 rings (SSSR count). The van der Waals surface area contributed by atoms with Crippen molar-refractivity contribution in [3.05, 3.63) is 9.88 Å². The first kappa shape index (κ1) is 18.7. The molecule has 1 fully saturated rings. The van der Waals surface area contributed by atoms with Crippen LogP contribution in [0.1, 0.15) is 47.8 Å². The number of hydrogen-bond donors (Lipinski definition) is 1. The third-order valence-corrected chi connectivity index (χ3v) is 5.44. The van der Waals surface area contributed by atoms with Crippen LogP contribution in [0.25, 0.3) is 0 Å². The molecule has 2 atom stereocenters. The van der Waals surface area contributed by atoms with Crippen LogP contribution in [-0.2, 0) is 4.79 Å². The highest BCUT2D eigenvalue weighted by molar-refractivity contribution is 7.13. The lowest BCUT2D eigenvalue weighted by Crippen LogP contribution is -2.33. The fraction of sp³-hybridized carbons (Fsp3) is 0.706. The fourth-order valence-corrected chi connectivity index (χ4v) is 3.79. The Balaban J connectivity index is 1.89. The number of methoxy groups -OCH3 is 1. The van der Waals surface area contributed by atoms with Crippen LogP contribution < -0.4 is 10.1 Å². The molecule has 2 amide bonds. The molecule has 7 heteroatoms. The molecule has 1 aromatic rings. The molecule has 6 nitrogen and oxygen atoms in total. The first-order valence-electron chi connectivity index (χ1n) is 8.53. The van der Waals surface area contributed by atoms with Gasteiger partial charge in [-0.25, -0.2) is 0 Å². The fourth-order valence-electron chi connectivity index (χ4n) is 2.94. The molecule has 1 N–H and O–H groups in total. The second-order valence-electron chi connectivity index (χ2n) is 6.44. The minimum Gasteiger partial charge on any atom is -0.480 e. The van der Waals surface area contributed by atoms with Crippen molar-refractivity contribution in [1.82, 2.24) is 15.2 Å². The quantitative estimate of drug-likeness (QED) is 0.817.